The van der Waals surface area contributed by atoms with Crippen molar-refractivity contribution in [2.45, 2.75) is 560 Å². The highest BCUT2D eigenvalue weighted by Crippen LogP contribution is 2.43. The predicted octanol–water partition coefficient (Wildman–Crippen LogP) is 2.07. The van der Waals surface area contributed by atoms with Gasteiger partial charge in [-0.15, -0.1) is 0 Å². The largest absolute Gasteiger partial charge is 0.463 e. The second-order valence-electron chi connectivity index (χ2n) is 41.2. The van der Waals surface area contributed by atoms with Crippen molar-refractivity contribution in [3.8, 4) is 0 Å². The number of hydrogen-bond donors (Lipinski definition) is 17. The van der Waals surface area contributed by atoms with Gasteiger partial charge in [0.05, 0.1) is 97.4 Å². The number of hydrogen-bond acceptors (Lipinski definition) is 45. The molecule has 0 amide bonds. The SMILES string of the molecule is CCCCC[C@H](CCCCCCCCCC(=O)O[C@H]1[C@H](O)[C@@H](O)[C@H](O[C@@H]2[C@H]3OC(=O)CCCCCCCCC[C@@H](CCCCC)O[C@@H]4O[C@H](C)[C@@H](O)[C@H](O)[C@H]4O[C@@H]4O[C@H](COC(=O)[C@H](C)[C@H](C)O)[C@@H](O)[C@H](O)[C@H]4O[C@H](O[C@H]2C)[C@@H]3OC(=O)[C@H](C)[C@H](C)O)O[C@@H]1C)O[C@@H]1O[C@H](C)[C@@H](O)[C@H](O)[C@H]1O[C@@H]1O[C@H](CO)[C@@H](O)[C@H](O)[C@H]1O[C@@H]1O[C@@H](C)[C@H](O[C@@H]2O[C@H](C)[C@@H](OC(=O)[C@H](C)CC)[C@H](O)[C@H]2O)[C@@H](O)[C@H]1OC(=O)[C@H](C)[C@H](C)O. The molecule has 45 heteroatoms. The van der Waals surface area contributed by atoms with Crippen molar-refractivity contribution < 1.29 is 220 Å². The molecule has 0 spiro atoms. The Labute approximate surface area is 849 Å². The zero-order chi connectivity index (χ0) is 107. The Morgan fingerprint density at radius 3 is 1.37 bits per heavy atom. The highest BCUT2D eigenvalue weighted by Gasteiger charge is 2.62. The number of fused-ring (bicyclic) bond motifs is 4. The summed E-state index contributed by atoms with van der Waals surface area (Å²) >= 11 is 0. The molecular weight excluding hydrogens is 1920 g/mol. The average Bonchev–Trinajstić information content (AvgIpc) is 0.793. The predicted molar refractivity (Wildman–Crippen MR) is 501 cm³/mol. The van der Waals surface area contributed by atoms with Crippen LogP contribution >= 0.6 is 0 Å². The first-order chi connectivity index (χ1) is 68.8. The van der Waals surface area contributed by atoms with Crippen LogP contribution in [-0.4, -0.2) is 412 Å². The first-order valence-corrected chi connectivity index (χ1v) is 52.9. The quantitative estimate of drug-likeness (QED) is 0.0236. The molecule has 49 atom stereocenters. The molecule has 145 heavy (non-hydrogen) atoms. The summed E-state index contributed by atoms with van der Waals surface area (Å²) in [5.41, 5.74) is 0. The third-order valence-corrected chi connectivity index (χ3v) is 29.5. The molecule has 0 aliphatic carbocycles. The summed E-state index contributed by atoms with van der Waals surface area (Å²) in [4.78, 5) is 82.3. The standard InChI is InChI=1S/C100H172O45/c1-17-20-32-38-59(131-95-82(69(111)65(107)53(11)125-95)143-98-84(71(113)67(109)61(44-101)133-98)142-97-86(138-91(122)48(6)51(9)103)77(119)80(57(15)129-97)140-93-76(118)74(116)79(56(14)128-93)137-89(120)46(4)19-3)40-34-28-24-22-26-30-36-42-63(105)135-78-55(13)127-94(75(117)73(78)115)141-81-58(16)130-100-88(139-92(123)49(7)52(10)104)87(81)136-64(106)43-37-31-27-23-25-29-35-41-60(39-33-21-18-2)132-96-83(70(112)66(108)54(12)126-96)144-99-85(145-100)72(114)68(110)62(134-99)45-124-90(121)47(5)50(8)102/h46-62,65-88,93-104,107-119H,17-45H2,1-16H3/t46-,47-,48-,49-,50+,51+,52+,53-,54-,55-,56-,57+,58+,59-,60-,61-,62-,65-,66-,67-,68-,69+,70+,71+,72+,73-,74-,75-,76-,77-,78-,79-,80+,81+,82-,83-,84-,85-,86-,87-,88-,93+,94+,95+,96+,97+,98+,99+,100+/m1/s1. The van der Waals surface area contributed by atoms with Crippen LogP contribution in [0.1, 0.15) is 284 Å². The second-order valence-corrected chi connectivity index (χ2v) is 41.2. The number of unbranched alkanes of at least 4 members (excludes halogenated alkanes) is 10. The van der Waals surface area contributed by atoms with Gasteiger partial charge in [0.2, 0.25) is 0 Å². The number of esters is 6. The van der Waals surface area contributed by atoms with Crippen molar-refractivity contribution in [1.29, 1.82) is 0 Å². The molecule has 0 unspecified atom stereocenters. The Hall–Kier alpha value is -4.50. The molecule has 9 fully saturated rings. The van der Waals surface area contributed by atoms with Crippen LogP contribution in [0, 0.1) is 23.7 Å². The van der Waals surface area contributed by atoms with Gasteiger partial charge < -0.3 is 191 Å². The van der Waals surface area contributed by atoms with Gasteiger partial charge in [0.25, 0.3) is 0 Å². The smallest absolute Gasteiger partial charge is 0.311 e. The molecule has 17 N–H and O–H groups in total. The summed E-state index contributed by atoms with van der Waals surface area (Å²) < 4.78 is 137. The maximum absolute atomic E-state index is 14.5. The van der Waals surface area contributed by atoms with Crippen molar-refractivity contribution >= 4 is 35.8 Å². The molecule has 9 rings (SSSR count). The van der Waals surface area contributed by atoms with Gasteiger partial charge in [-0.25, -0.2) is 0 Å². The monoisotopic (exact) mass is 2090 g/mol. The third kappa shape index (κ3) is 34.0. The van der Waals surface area contributed by atoms with E-state index < -0.39 is 349 Å². The molecule has 2 bridgehead atoms. The third-order valence-electron chi connectivity index (χ3n) is 29.5. The van der Waals surface area contributed by atoms with Gasteiger partial charge in [-0.3, -0.25) is 28.8 Å². The Morgan fingerprint density at radius 2 is 0.779 bits per heavy atom. The van der Waals surface area contributed by atoms with Gasteiger partial charge in [0.1, 0.15) is 135 Å². The van der Waals surface area contributed by atoms with Crippen LogP contribution in [0.5, 0.6) is 0 Å². The van der Waals surface area contributed by atoms with Crippen LogP contribution in [0.25, 0.3) is 0 Å². The van der Waals surface area contributed by atoms with E-state index in [2.05, 4.69) is 6.92 Å². The van der Waals surface area contributed by atoms with Gasteiger partial charge in [-0.2, -0.15) is 0 Å². The minimum atomic E-state index is -2.13. The molecule has 45 nitrogen and oxygen atoms in total. The fraction of sp³-hybridized carbons (Fsp3) is 0.940. The van der Waals surface area contributed by atoms with Gasteiger partial charge in [0.15, 0.2) is 80.8 Å². The molecular formula is C100H172O45. The number of ether oxygens (including phenoxy) is 22. The molecule has 0 aromatic rings. The maximum atomic E-state index is 14.5. The minimum absolute atomic E-state index is 0.102. The molecule has 0 radical (unpaired) electrons. The molecule has 9 aliphatic rings. The number of rotatable bonds is 43. The fourth-order valence-electron chi connectivity index (χ4n) is 19.0. The molecule has 0 aromatic heterocycles. The fourth-order valence-corrected chi connectivity index (χ4v) is 19.0. The summed E-state index contributed by atoms with van der Waals surface area (Å²) in [6, 6.07) is 0. The zero-order valence-corrected chi connectivity index (χ0v) is 86.8. The maximum Gasteiger partial charge on any atom is 0.311 e. The van der Waals surface area contributed by atoms with E-state index in [1.165, 1.54) is 83.1 Å². The van der Waals surface area contributed by atoms with Crippen LogP contribution in [0.2, 0.25) is 0 Å². The summed E-state index contributed by atoms with van der Waals surface area (Å²) in [6.45, 7) is 22.7. The average molecular weight is 2090 g/mol. The first kappa shape index (κ1) is 124. The topological polar surface area (TPSA) is 649 Å². The van der Waals surface area contributed by atoms with Crippen LogP contribution in [0.4, 0.5) is 0 Å². The van der Waals surface area contributed by atoms with E-state index in [9.17, 15) is 116 Å². The summed E-state index contributed by atoms with van der Waals surface area (Å²) in [5, 5.41) is 195. The second kappa shape index (κ2) is 59.8. The number of aliphatic hydroxyl groups is 17. The number of aliphatic hydroxyl groups excluding tert-OH is 17. The molecule has 0 aromatic carbocycles. The van der Waals surface area contributed by atoms with Crippen LogP contribution < -0.4 is 0 Å². The van der Waals surface area contributed by atoms with E-state index in [1.54, 1.807) is 13.8 Å². The molecule has 9 aliphatic heterocycles. The Morgan fingerprint density at radius 1 is 0.352 bits per heavy atom. The Kier molecular flexibility index (Phi) is 51.2. The summed E-state index contributed by atoms with van der Waals surface area (Å²) in [7, 11) is 0. The van der Waals surface area contributed by atoms with E-state index in [4.69, 9.17) is 104 Å². The lowest BCUT2D eigenvalue weighted by Gasteiger charge is -2.50. The Bertz CT molecular complexity index is 3780. The lowest BCUT2D eigenvalue weighted by atomic mass is 9.95. The number of carbonyl (C=O) groups excluding carboxylic acids is 6. The number of carbonyl (C=O) groups is 6. The van der Waals surface area contributed by atoms with Crippen molar-refractivity contribution in [2.75, 3.05) is 13.2 Å². The highest BCUT2D eigenvalue weighted by atomic mass is 16.8. The van der Waals surface area contributed by atoms with Crippen molar-refractivity contribution in [3.05, 3.63) is 0 Å². The van der Waals surface area contributed by atoms with Crippen molar-refractivity contribution in [1.82, 2.24) is 0 Å². The lowest BCUT2D eigenvalue weighted by Crippen LogP contribution is -2.68. The van der Waals surface area contributed by atoms with Crippen molar-refractivity contribution in [3.63, 3.8) is 0 Å². The van der Waals surface area contributed by atoms with Gasteiger partial charge >= 0.3 is 35.8 Å². The normalized spacial score (nSPS) is 40.9. The highest BCUT2D eigenvalue weighted by molar-refractivity contribution is 5.74. The van der Waals surface area contributed by atoms with E-state index in [-0.39, 0.29) is 12.8 Å². The van der Waals surface area contributed by atoms with Gasteiger partial charge in [-0.05, 0) is 128 Å². The van der Waals surface area contributed by atoms with Gasteiger partial charge in [0, 0.05) is 12.8 Å². The zero-order valence-electron chi connectivity index (χ0n) is 86.8. The molecule has 9 heterocycles. The van der Waals surface area contributed by atoms with E-state index in [1.807, 2.05) is 6.92 Å². The molecule has 9 saturated heterocycles. The van der Waals surface area contributed by atoms with E-state index in [0.29, 0.717) is 83.5 Å². The van der Waals surface area contributed by atoms with Crippen LogP contribution in [0.3, 0.4) is 0 Å². The molecule has 842 valence electrons. The lowest BCUT2D eigenvalue weighted by molar-refractivity contribution is -0.399. The van der Waals surface area contributed by atoms with Crippen LogP contribution in [-0.2, 0) is 133 Å². The van der Waals surface area contributed by atoms with Gasteiger partial charge in [-0.1, -0.05) is 143 Å². The van der Waals surface area contributed by atoms with Crippen molar-refractivity contribution in [2.24, 2.45) is 23.7 Å². The summed E-state index contributed by atoms with van der Waals surface area (Å²) in [5.74, 6) is -9.43. The Balaban J connectivity index is 0.835. The summed E-state index contributed by atoms with van der Waals surface area (Å²) in [6.07, 6.45) is -56.2. The van der Waals surface area contributed by atoms with Crippen LogP contribution in [0.15, 0.2) is 0 Å². The van der Waals surface area contributed by atoms with E-state index in [0.717, 1.165) is 77.0 Å². The first-order valence-electron chi connectivity index (χ1n) is 52.9. The molecule has 0 saturated carbocycles. The minimum Gasteiger partial charge on any atom is -0.463 e. The van der Waals surface area contributed by atoms with E-state index >= 15 is 0 Å².